The van der Waals surface area contributed by atoms with Gasteiger partial charge in [0.05, 0.1) is 57.6 Å². The van der Waals surface area contributed by atoms with Gasteiger partial charge in [0.2, 0.25) is 0 Å². The second-order valence-electron chi connectivity index (χ2n) is 35.6. The molecule has 630 valence electrons. The molecule has 33 rings (SSSR count). The minimum absolute atomic E-state index is 1.08. The first kappa shape index (κ1) is 75.8. The van der Waals surface area contributed by atoms with Crippen LogP contribution in [0.25, 0.3) is 300 Å². The van der Waals surface area contributed by atoms with Crippen LogP contribution in [0, 0.1) is 0 Å². The molecule has 0 bridgehead atoms. The average molecular weight is 1850 g/mol. The highest BCUT2D eigenvalue weighted by Crippen LogP contribution is 2.58. The van der Waals surface area contributed by atoms with Crippen molar-refractivity contribution in [2.24, 2.45) is 0 Å². The van der Waals surface area contributed by atoms with Gasteiger partial charge in [-0.25, -0.2) is 15.0 Å². The first-order chi connectivity index (χ1) is 67.5. The Labute approximate surface area is 801 Å². The van der Waals surface area contributed by atoms with Crippen molar-refractivity contribution in [3.8, 4) is 28.2 Å². The second kappa shape index (κ2) is 28.9. The van der Waals surface area contributed by atoms with Crippen molar-refractivity contribution < 1.29 is 0 Å². The molecule has 33 aromatic rings. The highest BCUT2D eigenvalue weighted by molar-refractivity contribution is 7.32. The summed E-state index contributed by atoms with van der Waals surface area (Å²) in [6, 6.07) is 141. The molecular weight excluding hydrogens is 1790 g/mol. The molecule has 0 aliphatic heterocycles. The standard InChI is InChI=1S/C47H26N2S2.C41H22N2S2.C35H18N2S3/c1-2-15-32-30(13-1)31-14-3-4-16-33(31)38-26-28(22-23-34(32)38)27-11-9-12-29(25-27)49-39-20-7-5-17-35(39)41-42-36-18-6-8-21-40(36)50-45(42)43-37-19-10-24-48-47(37)51-46(43)44(41)49;1-2-12-26-24(10-1)25-11-3-4-13-27(25)32-22-23(19-20-28(26)32)43-33-17-7-5-14-29(33)35-36-30-15-6-8-18-34(30)44-39(36)37-31-16-9-21-42-41(31)45-40(37)38(35)43;1-4-14-24-21(10-1)28-29-22-11-3-6-17-27(22)39-33(29)30-23-13-8-18-36-35(23)40-34(30)31(28)37(24)25-15-7-12-20-19-9-2-5-16-26(19)38-32(20)25/h1-26H;1-22H;1-18H. The molecular formula is C123H66N6S7. The molecule has 0 atom stereocenters. The van der Waals surface area contributed by atoms with E-state index in [4.69, 9.17) is 15.0 Å². The number of benzene rings is 20. The van der Waals surface area contributed by atoms with Crippen LogP contribution in [-0.4, -0.2) is 28.7 Å². The fourth-order valence-electron chi connectivity index (χ4n) is 23.1. The fraction of sp³-hybridized carbons (Fsp3) is 0. The number of aromatic nitrogens is 6. The third kappa shape index (κ3) is 10.6. The van der Waals surface area contributed by atoms with Gasteiger partial charge >= 0.3 is 0 Å². The SMILES string of the molecule is c1cc(-c2ccc3c4ccccc4c4ccccc4c3c2)cc(-n2c3ccccc3c3c4c5ccccc5sc4c4c5cccnc5sc4c32)c1.c1ccc2c(c1)sc1c(-n3c4ccccc4c4c5c6ccccc6sc5c5c6cccnc6sc5c43)cccc12.c1ccc2c(c1)sc1c3c4cccnc4sc3c3c(c4ccccc4n3-c3ccc4c5ccccc5c5ccccc5c4c3)c21. The van der Waals surface area contributed by atoms with Gasteiger partial charge in [0.25, 0.3) is 0 Å². The molecule has 13 aromatic heterocycles. The van der Waals surface area contributed by atoms with Crippen LogP contribution >= 0.6 is 79.4 Å². The Bertz CT molecular complexity index is 11000. The van der Waals surface area contributed by atoms with Gasteiger partial charge in [-0.3, -0.25) is 0 Å². The molecule has 0 saturated heterocycles. The molecule has 0 spiro atoms. The summed E-state index contributed by atoms with van der Waals surface area (Å²) in [5.74, 6) is 0. The van der Waals surface area contributed by atoms with Gasteiger partial charge in [-0.2, -0.15) is 0 Å². The van der Waals surface area contributed by atoms with Gasteiger partial charge in [0, 0.05) is 171 Å². The molecule has 0 N–H and O–H groups in total. The minimum atomic E-state index is 1.08. The van der Waals surface area contributed by atoms with Crippen LogP contribution in [0.1, 0.15) is 0 Å². The Hall–Kier alpha value is -15.7. The summed E-state index contributed by atoms with van der Waals surface area (Å²) in [5.41, 5.74) is 13.5. The van der Waals surface area contributed by atoms with Crippen molar-refractivity contribution in [3.63, 3.8) is 0 Å². The van der Waals surface area contributed by atoms with Crippen molar-refractivity contribution >= 4 is 351 Å². The number of nitrogens with zero attached hydrogens (tertiary/aromatic N) is 6. The molecule has 0 fully saturated rings. The largest absolute Gasteiger partial charge is 0.308 e. The number of thiophene rings is 7. The van der Waals surface area contributed by atoms with Crippen LogP contribution in [0.5, 0.6) is 0 Å². The van der Waals surface area contributed by atoms with Crippen LogP contribution in [0.15, 0.2) is 401 Å². The predicted octanol–water partition coefficient (Wildman–Crippen LogP) is 37.7. The minimum Gasteiger partial charge on any atom is -0.308 e. The number of hydrogen-bond acceptors (Lipinski definition) is 10. The number of fused-ring (bicyclic) bond motifs is 51. The van der Waals surface area contributed by atoms with E-state index in [2.05, 4.69) is 396 Å². The third-order valence-corrected chi connectivity index (χ3v) is 36.8. The van der Waals surface area contributed by atoms with E-state index >= 15 is 0 Å². The summed E-state index contributed by atoms with van der Waals surface area (Å²) < 4.78 is 22.2. The summed E-state index contributed by atoms with van der Waals surface area (Å²) in [6.07, 6.45) is 5.77. The van der Waals surface area contributed by atoms with Crippen molar-refractivity contribution in [1.82, 2.24) is 28.7 Å². The number of pyridine rings is 3. The molecule has 13 heteroatoms. The summed E-state index contributed by atoms with van der Waals surface area (Å²) in [5, 5.41) is 41.8. The molecule has 13 heterocycles. The zero-order valence-electron chi connectivity index (χ0n) is 72.1. The molecule has 0 unspecified atom stereocenters. The normalized spacial score (nSPS) is 12.4. The van der Waals surface area contributed by atoms with E-state index in [-0.39, 0.29) is 0 Å². The summed E-state index contributed by atoms with van der Waals surface area (Å²) in [4.78, 5) is 17.8. The fourth-order valence-corrected chi connectivity index (χ4v) is 31.9. The lowest BCUT2D eigenvalue weighted by atomic mass is 9.92. The first-order valence-corrected chi connectivity index (χ1v) is 51.5. The predicted molar refractivity (Wildman–Crippen MR) is 596 cm³/mol. The quantitative estimate of drug-likeness (QED) is 0.165. The maximum Gasteiger partial charge on any atom is 0.124 e. The Morgan fingerprint density at radius 2 is 0.463 bits per heavy atom. The van der Waals surface area contributed by atoms with Gasteiger partial charge in [0.1, 0.15) is 14.5 Å². The zero-order valence-corrected chi connectivity index (χ0v) is 77.9. The second-order valence-corrected chi connectivity index (χ2v) is 42.8. The van der Waals surface area contributed by atoms with Gasteiger partial charge in [-0.1, -0.05) is 267 Å². The molecule has 0 amide bonds. The lowest BCUT2D eigenvalue weighted by molar-refractivity contribution is 1.19. The lowest BCUT2D eigenvalue weighted by Gasteiger charge is -2.14. The third-order valence-electron chi connectivity index (χ3n) is 28.7. The molecule has 6 nitrogen and oxygen atoms in total. The number of rotatable bonds is 4. The molecule has 20 aromatic carbocycles. The van der Waals surface area contributed by atoms with Crippen molar-refractivity contribution in [2.75, 3.05) is 0 Å². The molecule has 136 heavy (non-hydrogen) atoms. The smallest absolute Gasteiger partial charge is 0.124 e. The molecule has 0 aliphatic carbocycles. The first-order valence-electron chi connectivity index (χ1n) is 45.8. The van der Waals surface area contributed by atoms with E-state index in [0.717, 1.165) is 20.2 Å². The summed E-state index contributed by atoms with van der Waals surface area (Å²) >= 11 is 13.1. The van der Waals surface area contributed by atoms with E-state index in [1.807, 2.05) is 97.9 Å². The van der Waals surface area contributed by atoms with Crippen LogP contribution in [-0.2, 0) is 0 Å². The topological polar surface area (TPSA) is 53.5 Å². The molecule has 0 aliphatic rings. The summed E-state index contributed by atoms with van der Waals surface area (Å²) in [6.45, 7) is 0. The Kier molecular flexibility index (Phi) is 16.1. The van der Waals surface area contributed by atoms with E-state index in [1.165, 1.54) is 280 Å². The van der Waals surface area contributed by atoms with Crippen LogP contribution in [0.3, 0.4) is 0 Å². The van der Waals surface area contributed by atoms with Crippen molar-refractivity contribution in [1.29, 1.82) is 0 Å². The monoisotopic (exact) mass is 1850 g/mol. The van der Waals surface area contributed by atoms with Crippen LogP contribution < -0.4 is 0 Å². The summed E-state index contributed by atoms with van der Waals surface area (Å²) in [7, 11) is 0. The van der Waals surface area contributed by atoms with Crippen molar-refractivity contribution in [3.05, 3.63) is 401 Å². The van der Waals surface area contributed by atoms with Gasteiger partial charge in [-0.05, 0) is 191 Å². The van der Waals surface area contributed by atoms with Gasteiger partial charge in [0.15, 0.2) is 0 Å². The Balaban J connectivity index is 0.0000000957. The number of hydrogen-bond donors (Lipinski definition) is 0. The van der Waals surface area contributed by atoms with E-state index in [9.17, 15) is 0 Å². The maximum atomic E-state index is 4.88. The van der Waals surface area contributed by atoms with E-state index in [1.54, 1.807) is 0 Å². The molecule has 0 saturated carbocycles. The average Bonchev–Trinajstić information content (AvgIpc) is 1.53. The Morgan fingerprint density at radius 1 is 0.162 bits per heavy atom. The van der Waals surface area contributed by atoms with Crippen molar-refractivity contribution in [2.45, 2.75) is 0 Å². The van der Waals surface area contributed by atoms with Gasteiger partial charge in [-0.15, -0.1) is 79.4 Å². The van der Waals surface area contributed by atoms with E-state index in [0.29, 0.717) is 0 Å². The lowest BCUT2D eigenvalue weighted by Crippen LogP contribution is -1.95. The van der Waals surface area contributed by atoms with Crippen LogP contribution in [0.4, 0.5) is 0 Å². The Morgan fingerprint density at radius 3 is 0.897 bits per heavy atom. The maximum absolute atomic E-state index is 4.88. The van der Waals surface area contributed by atoms with E-state index < -0.39 is 0 Å². The highest BCUT2D eigenvalue weighted by atomic mass is 32.1. The molecule has 0 radical (unpaired) electrons. The highest BCUT2D eigenvalue weighted by Gasteiger charge is 2.31. The number of para-hydroxylation sites is 3. The van der Waals surface area contributed by atoms with Gasteiger partial charge < -0.3 is 13.7 Å². The van der Waals surface area contributed by atoms with Crippen LogP contribution in [0.2, 0.25) is 0 Å². The zero-order chi connectivity index (χ0) is 88.4.